The number of rotatable bonds is 10. The third-order valence-electron chi connectivity index (χ3n) is 2.77. The maximum Gasteiger partial charge on any atom is 0.0897 e. The van der Waals surface area contributed by atoms with Crippen LogP contribution in [0.15, 0.2) is 0 Å². The minimum absolute atomic E-state index is 0.189. The molecule has 0 aromatic rings. The quantitative estimate of drug-likeness (QED) is 0.558. The standard InChI is InChI=1S/C14H31NO3/c1-10(2)6-13(5)18-9-14(17)8-15-11(3)7-12(4)16/h10-17H,6-9H2,1-5H3. The van der Waals surface area contributed by atoms with E-state index in [0.29, 0.717) is 25.5 Å². The molecule has 0 aliphatic carbocycles. The fraction of sp³-hybridized carbons (Fsp3) is 1.00. The molecule has 4 atom stereocenters. The highest BCUT2D eigenvalue weighted by Gasteiger charge is 2.11. The van der Waals surface area contributed by atoms with Crippen LogP contribution in [-0.4, -0.2) is 47.7 Å². The van der Waals surface area contributed by atoms with Gasteiger partial charge in [0.25, 0.3) is 0 Å². The fourth-order valence-electron chi connectivity index (χ4n) is 2.00. The zero-order chi connectivity index (χ0) is 14.1. The van der Waals surface area contributed by atoms with E-state index < -0.39 is 6.10 Å². The summed E-state index contributed by atoms with van der Waals surface area (Å²) in [5.41, 5.74) is 0. The topological polar surface area (TPSA) is 61.7 Å². The maximum atomic E-state index is 9.77. The Morgan fingerprint density at radius 1 is 1.00 bits per heavy atom. The molecule has 0 saturated carbocycles. The van der Waals surface area contributed by atoms with Gasteiger partial charge in [-0.1, -0.05) is 13.8 Å². The molecular formula is C14H31NO3. The van der Waals surface area contributed by atoms with E-state index in [0.717, 1.165) is 6.42 Å². The van der Waals surface area contributed by atoms with Crippen LogP contribution < -0.4 is 5.32 Å². The van der Waals surface area contributed by atoms with Gasteiger partial charge in [0.2, 0.25) is 0 Å². The summed E-state index contributed by atoms with van der Waals surface area (Å²) in [5.74, 6) is 0.612. The van der Waals surface area contributed by atoms with E-state index in [1.807, 2.05) is 13.8 Å². The highest BCUT2D eigenvalue weighted by molar-refractivity contribution is 4.67. The van der Waals surface area contributed by atoms with Gasteiger partial charge in [-0.15, -0.1) is 0 Å². The Hall–Kier alpha value is -0.160. The molecule has 0 radical (unpaired) electrons. The average Bonchev–Trinajstić information content (AvgIpc) is 2.21. The maximum absolute atomic E-state index is 9.77. The molecular weight excluding hydrogens is 230 g/mol. The summed E-state index contributed by atoms with van der Waals surface area (Å²) in [5, 5.41) is 22.2. The second-order valence-corrected chi connectivity index (χ2v) is 5.82. The molecule has 18 heavy (non-hydrogen) atoms. The normalized spacial score (nSPS) is 18.7. The lowest BCUT2D eigenvalue weighted by Gasteiger charge is -2.20. The van der Waals surface area contributed by atoms with Crippen LogP contribution in [0, 0.1) is 5.92 Å². The first-order valence-corrected chi connectivity index (χ1v) is 7.02. The molecule has 4 nitrogen and oxygen atoms in total. The summed E-state index contributed by atoms with van der Waals surface area (Å²) in [4.78, 5) is 0. The van der Waals surface area contributed by atoms with Crippen molar-refractivity contribution in [3.63, 3.8) is 0 Å². The van der Waals surface area contributed by atoms with Crippen LogP contribution in [0.5, 0.6) is 0 Å². The Labute approximate surface area is 112 Å². The van der Waals surface area contributed by atoms with Gasteiger partial charge in [0.05, 0.1) is 24.9 Å². The van der Waals surface area contributed by atoms with Crippen LogP contribution in [0.1, 0.15) is 47.5 Å². The molecule has 0 rings (SSSR count). The lowest BCUT2D eigenvalue weighted by Crippen LogP contribution is -2.37. The molecule has 0 aromatic heterocycles. The SMILES string of the molecule is CC(C)CC(C)OCC(O)CNC(C)CC(C)O. The van der Waals surface area contributed by atoms with Gasteiger partial charge in [-0.2, -0.15) is 0 Å². The summed E-state index contributed by atoms with van der Waals surface area (Å²) in [6.07, 6.45) is 1.09. The van der Waals surface area contributed by atoms with Gasteiger partial charge in [-0.3, -0.25) is 0 Å². The van der Waals surface area contributed by atoms with Gasteiger partial charge in [0.15, 0.2) is 0 Å². The molecule has 0 amide bonds. The number of ether oxygens (including phenoxy) is 1. The largest absolute Gasteiger partial charge is 0.393 e. The molecule has 0 spiro atoms. The minimum Gasteiger partial charge on any atom is -0.393 e. The van der Waals surface area contributed by atoms with E-state index in [2.05, 4.69) is 19.2 Å². The van der Waals surface area contributed by atoms with Gasteiger partial charge in [-0.25, -0.2) is 0 Å². The third kappa shape index (κ3) is 11.0. The van der Waals surface area contributed by atoms with Gasteiger partial charge >= 0.3 is 0 Å². The van der Waals surface area contributed by atoms with Gasteiger partial charge < -0.3 is 20.3 Å². The van der Waals surface area contributed by atoms with Crippen LogP contribution in [0.2, 0.25) is 0 Å². The first-order chi connectivity index (χ1) is 8.31. The van der Waals surface area contributed by atoms with Gasteiger partial charge in [0, 0.05) is 12.6 Å². The Kier molecular flexibility index (Phi) is 9.64. The molecule has 4 unspecified atom stereocenters. The van der Waals surface area contributed by atoms with Crippen molar-refractivity contribution in [2.24, 2.45) is 5.92 Å². The average molecular weight is 261 g/mol. The number of aliphatic hydroxyl groups excluding tert-OH is 2. The Balaban J connectivity index is 3.61. The lowest BCUT2D eigenvalue weighted by molar-refractivity contribution is -0.00949. The van der Waals surface area contributed by atoms with E-state index in [9.17, 15) is 10.2 Å². The third-order valence-corrected chi connectivity index (χ3v) is 2.77. The van der Waals surface area contributed by atoms with Crippen molar-refractivity contribution in [3.05, 3.63) is 0 Å². The first-order valence-electron chi connectivity index (χ1n) is 7.02. The molecule has 0 fully saturated rings. The second-order valence-electron chi connectivity index (χ2n) is 5.82. The van der Waals surface area contributed by atoms with Crippen LogP contribution in [0.3, 0.4) is 0 Å². The van der Waals surface area contributed by atoms with E-state index in [-0.39, 0.29) is 18.2 Å². The van der Waals surface area contributed by atoms with Crippen molar-refractivity contribution < 1.29 is 14.9 Å². The predicted octanol–water partition coefficient (Wildman–Crippen LogP) is 1.55. The molecule has 0 aromatic carbocycles. The highest BCUT2D eigenvalue weighted by Crippen LogP contribution is 2.07. The van der Waals surface area contributed by atoms with Gasteiger partial charge in [-0.05, 0) is 39.5 Å². The molecule has 0 bridgehead atoms. The first kappa shape index (κ1) is 17.8. The van der Waals surface area contributed by atoms with Crippen molar-refractivity contribution in [1.82, 2.24) is 5.32 Å². The summed E-state index contributed by atoms with van der Waals surface area (Å²) in [7, 11) is 0. The Bertz CT molecular complexity index is 177. The van der Waals surface area contributed by atoms with E-state index in [4.69, 9.17) is 4.74 Å². The number of aliphatic hydroxyl groups is 2. The summed E-state index contributed by atoms with van der Waals surface area (Å²) in [6.45, 7) is 11.0. The van der Waals surface area contributed by atoms with Crippen LogP contribution in [0.25, 0.3) is 0 Å². The van der Waals surface area contributed by atoms with Crippen molar-refractivity contribution >= 4 is 0 Å². The Morgan fingerprint density at radius 3 is 2.11 bits per heavy atom. The van der Waals surface area contributed by atoms with E-state index in [1.54, 1.807) is 6.92 Å². The smallest absolute Gasteiger partial charge is 0.0897 e. The fourth-order valence-corrected chi connectivity index (χ4v) is 2.00. The zero-order valence-corrected chi connectivity index (χ0v) is 12.5. The monoisotopic (exact) mass is 261 g/mol. The minimum atomic E-state index is -0.490. The molecule has 0 aliphatic heterocycles. The van der Waals surface area contributed by atoms with Crippen molar-refractivity contribution in [3.8, 4) is 0 Å². The van der Waals surface area contributed by atoms with Crippen molar-refractivity contribution in [2.75, 3.05) is 13.2 Å². The second kappa shape index (κ2) is 9.73. The number of hydrogen-bond acceptors (Lipinski definition) is 4. The lowest BCUT2D eigenvalue weighted by atomic mass is 10.1. The van der Waals surface area contributed by atoms with Gasteiger partial charge in [0.1, 0.15) is 0 Å². The number of hydrogen-bond donors (Lipinski definition) is 3. The van der Waals surface area contributed by atoms with E-state index in [1.165, 1.54) is 0 Å². The molecule has 4 heteroatoms. The zero-order valence-electron chi connectivity index (χ0n) is 12.5. The van der Waals surface area contributed by atoms with Crippen molar-refractivity contribution in [2.45, 2.75) is 71.8 Å². The molecule has 3 N–H and O–H groups in total. The highest BCUT2D eigenvalue weighted by atomic mass is 16.5. The summed E-state index contributed by atoms with van der Waals surface area (Å²) >= 11 is 0. The number of nitrogens with one attached hydrogen (secondary N) is 1. The van der Waals surface area contributed by atoms with E-state index >= 15 is 0 Å². The molecule has 110 valence electrons. The van der Waals surface area contributed by atoms with Crippen LogP contribution in [0.4, 0.5) is 0 Å². The molecule has 0 saturated heterocycles. The summed E-state index contributed by atoms with van der Waals surface area (Å²) < 4.78 is 5.59. The van der Waals surface area contributed by atoms with Crippen LogP contribution in [-0.2, 0) is 4.74 Å². The van der Waals surface area contributed by atoms with Crippen LogP contribution >= 0.6 is 0 Å². The Morgan fingerprint density at radius 2 is 1.61 bits per heavy atom. The molecule has 0 heterocycles. The summed E-state index contributed by atoms with van der Waals surface area (Å²) in [6, 6.07) is 0.202. The molecule has 0 aliphatic rings. The predicted molar refractivity (Wildman–Crippen MR) is 74.6 cm³/mol. The van der Waals surface area contributed by atoms with Crippen molar-refractivity contribution in [1.29, 1.82) is 0 Å².